The molecule has 1 saturated heterocycles. The first-order valence-corrected chi connectivity index (χ1v) is 14.5. The number of pyridine rings is 1. The summed E-state index contributed by atoms with van der Waals surface area (Å²) in [6.07, 6.45) is 2.23. The van der Waals surface area contributed by atoms with Crippen LogP contribution >= 0.6 is 0 Å². The Morgan fingerprint density at radius 2 is 1.60 bits per heavy atom. The molecule has 7 nitrogen and oxygen atoms in total. The lowest BCUT2D eigenvalue weighted by Crippen LogP contribution is -2.46. The molecule has 0 amide bonds. The number of phenolic OH excluding ortho intramolecular Hbond substituents is 1. The van der Waals surface area contributed by atoms with E-state index in [1.165, 1.54) is 11.1 Å². The number of carbonyl (C=O) groups is 1. The van der Waals surface area contributed by atoms with E-state index < -0.39 is 0 Å². The molecule has 218 valence electrons. The van der Waals surface area contributed by atoms with E-state index in [2.05, 4.69) is 53.1 Å². The standard InChI is InChI=1S/C35H39N3O4/c1-25(2)42-35(40)33-21-30(19-27-9-11-31(39)12-10-27)22-36-34(33)38-17-15-37(16-18-38)23-28-5-4-6-29(20-28)24-41-32-13-7-26(3)8-14-32/h4-14,20-22,25,39H,15-19,23-24H2,1-3H3. The number of anilines is 1. The molecule has 4 aromatic rings. The zero-order valence-corrected chi connectivity index (χ0v) is 24.6. The third-order valence-electron chi connectivity index (χ3n) is 7.33. The highest BCUT2D eigenvalue weighted by Gasteiger charge is 2.25. The van der Waals surface area contributed by atoms with Crippen LogP contribution in [-0.2, 0) is 24.3 Å². The van der Waals surface area contributed by atoms with Crippen molar-refractivity contribution in [3.05, 3.63) is 118 Å². The second-order valence-corrected chi connectivity index (χ2v) is 11.2. The average Bonchev–Trinajstić information content (AvgIpc) is 2.98. The number of piperazine rings is 1. The van der Waals surface area contributed by atoms with Crippen molar-refractivity contribution < 1.29 is 19.4 Å². The number of hydrogen-bond donors (Lipinski definition) is 1. The summed E-state index contributed by atoms with van der Waals surface area (Å²) in [5.41, 5.74) is 6.07. The Morgan fingerprint density at radius 3 is 2.31 bits per heavy atom. The van der Waals surface area contributed by atoms with E-state index in [-0.39, 0.29) is 17.8 Å². The van der Waals surface area contributed by atoms with Crippen molar-refractivity contribution in [1.82, 2.24) is 9.88 Å². The molecule has 1 aliphatic heterocycles. The Morgan fingerprint density at radius 1 is 0.881 bits per heavy atom. The Labute approximate surface area is 248 Å². The second-order valence-electron chi connectivity index (χ2n) is 11.2. The van der Waals surface area contributed by atoms with Crippen molar-refractivity contribution in [1.29, 1.82) is 0 Å². The smallest absolute Gasteiger partial charge is 0.342 e. The minimum Gasteiger partial charge on any atom is -0.508 e. The molecule has 2 heterocycles. The van der Waals surface area contributed by atoms with Gasteiger partial charge in [-0.15, -0.1) is 0 Å². The fourth-order valence-corrected chi connectivity index (χ4v) is 5.12. The maximum Gasteiger partial charge on any atom is 0.342 e. The van der Waals surface area contributed by atoms with Crippen molar-refractivity contribution in [3.63, 3.8) is 0 Å². The number of aromatic hydroxyl groups is 1. The Hall–Kier alpha value is -4.36. The van der Waals surface area contributed by atoms with Gasteiger partial charge in [-0.25, -0.2) is 9.78 Å². The van der Waals surface area contributed by atoms with Crippen molar-refractivity contribution in [2.24, 2.45) is 0 Å². The van der Waals surface area contributed by atoms with Crippen molar-refractivity contribution >= 4 is 11.8 Å². The summed E-state index contributed by atoms with van der Waals surface area (Å²) in [5.74, 6) is 1.42. The Bertz CT molecular complexity index is 1480. The molecule has 3 aromatic carbocycles. The van der Waals surface area contributed by atoms with Crippen LogP contribution in [0, 0.1) is 6.92 Å². The highest BCUT2D eigenvalue weighted by atomic mass is 16.5. The number of aryl methyl sites for hydroxylation is 1. The van der Waals surface area contributed by atoms with Crippen LogP contribution in [0.5, 0.6) is 11.5 Å². The van der Waals surface area contributed by atoms with Gasteiger partial charge in [-0.2, -0.15) is 0 Å². The topological polar surface area (TPSA) is 75.1 Å². The van der Waals surface area contributed by atoms with E-state index >= 15 is 0 Å². The number of nitrogens with zero attached hydrogens (tertiary/aromatic N) is 3. The van der Waals surface area contributed by atoms with E-state index in [1.807, 2.05) is 50.4 Å². The average molecular weight is 566 g/mol. The van der Waals surface area contributed by atoms with E-state index in [9.17, 15) is 9.90 Å². The number of benzene rings is 3. The summed E-state index contributed by atoms with van der Waals surface area (Å²) in [6, 6.07) is 25.7. The Kier molecular flexibility index (Phi) is 9.39. The number of phenols is 1. The zero-order chi connectivity index (χ0) is 29.5. The van der Waals surface area contributed by atoms with Gasteiger partial charge < -0.3 is 19.5 Å². The minimum absolute atomic E-state index is 0.221. The molecular formula is C35H39N3O4. The van der Waals surface area contributed by atoms with Crippen molar-refractivity contribution in [3.8, 4) is 11.5 Å². The minimum atomic E-state index is -0.354. The predicted molar refractivity (Wildman–Crippen MR) is 165 cm³/mol. The van der Waals surface area contributed by atoms with Crippen LogP contribution in [0.3, 0.4) is 0 Å². The molecule has 1 aliphatic rings. The molecule has 5 rings (SSSR count). The molecule has 0 aliphatic carbocycles. The molecule has 0 atom stereocenters. The monoisotopic (exact) mass is 565 g/mol. The SMILES string of the molecule is Cc1ccc(OCc2cccc(CN3CCN(c4ncc(Cc5ccc(O)cc5)cc4C(=O)OC(C)C)CC3)c2)cc1. The van der Waals surface area contributed by atoms with Gasteiger partial charge in [0, 0.05) is 38.9 Å². The fraction of sp³-hybridized carbons (Fsp3) is 0.314. The third kappa shape index (κ3) is 7.89. The second kappa shape index (κ2) is 13.5. The van der Waals surface area contributed by atoms with Crippen LogP contribution in [0.15, 0.2) is 85.1 Å². The summed E-state index contributed by atoms with van der Waals surface area (Å²) in [6.45, 7) is 10.4. The van der Waals surface area contributed by atoms with Crippen LogP contribution in [0.4, 0.5) is 5.82 Å². The van der Waals surface area contributed by atoms with Crippen LogP contribution in [0.1, 0.15) is 52.0 Å². The van der Waals surface area contributed by atoms with Gasteiger partial charge in [-0.05, 0) is 79.8 Å². The highest BCUT2D eigenvalue weighted by Crippen LogP contribution is 2.25. The fourth-order valence-electron chi connectivity index (χ4n) is 5.12. The van der Waals surface area contributed by atoms with Gasteiger partial charge in [-0.1, -0.05) is 54.1 Å². The lowest BCUT2D eigenvalue weighted by molar-refractivity contribution is 0.0378. The highest BCUT2D eigenvalue weighted by molar-refractivity contribution is 5.95. The zero-order valence-electron chi connectivity index (χ0n) is 24.6. The van der Waals surface area contributed by atoms with Gasteiger partial charge in [0.25, 0.3) is 0 Å². The number of rotatable bonds is 10. The lowest BCUT2D eigenvalue weighted by atomic mass is 10.0. The van der Waals surface area contributed by atoms with E-state index in [0.29, 0.717) is 24.4 Å². The largest absolute Gasteiger partial charge is 0.508 e. The first-order valence-electron chi connectivity index (χ1n) is 14.5. The molecule has 1 N–H and O–H groups in total. The molecule has 0 unspecified atom stereocenters. The summed E-state index contributed by atoms with van der Waals surface area (Å²) < 4.78 is 11.6. The summed E-state index contributed by atoms with van der Waals surface area (Å²) >= 11 is 0. The van der Waals surface area contributed by atoms with Gasteiger partial charge in [0.05, 0.1) is 6.10 Å². The van der Waals surface area contributed by atoms with Crippen LogP contribution in [0.25, 0.3) is 0 Å². The van der Waals surface area contributed by atoms with Gasteiger partial charge in [0.1, 0.15) is 29.5 Å². The van der Waals surface area contributed by atoms with Crippen LogP contribution < -0.4 is 9.64 Å². The van der Waals surface area contributed by atoms with Gasteiger partial charge in [0.2, 0.25) is 0 Å². The van der Waals surface area contributed by atoms with E-state index in [0.717, 1.165) is 55.2 Å². The Balaban J connectivity index is 1.22. The van der Waals surface area contributed by atoms with E-state index in [4.69, 9.17) is 14.5 Å². The number of hydrogen-bond acceptors (Lipinski definition) is 7. The number of carbonyl (C=O) groups excluding carboxylic acids is 1. The predicted octanol–water partition coefficient (Wildman–Crippen LogP) is 6.15. The summed E-state index contributed by atoms with van der Waals surface area (Å²) in [5, 5.41) is 9.60. The number of esters is 1. The maximum absolute atomic E-state index is 13.1. The molecule has 0 spiro atoms. The summed E-state index contributed by atoms with van der Waals surface area (Å²) in [7, 11) is 0. The normalized spacial score (nSPS) is 13.8. The molecule has 0 radical (unpaired) electrons. The first kappa shape index (κ1) is 29.1. The third-order valence-corrected chi connectivity index (χ3v) is 7.33. The maximum atomic E-state index is 13.1. The molecule has 42 heavy (non-hydrogen) atoms. The van der Waals surface area contributed by atoms with Gasteiger partial charge in [0.15, 0.2) is 0 Å². The van der Waals surface area contributed by atoms with Crippen LogP contribution in [-0.4, -0.2) is 53.2 Å². The molecular weight excluding hydrogens is 526 g/mol. The molecule has 7 heteroatoms. The molecule has 0 bridgehead atoms. The van der Waals surface area contributed by atoms with Gasteiger partial charge in [-0.3, -0.25) is 4.90 Å². The first-order chi connectivity index (χ1) is 20.3. The van der Waals surface area contributed by atoms with Crippen LogP contribution in [0.2, 0.25) is 0 Å². The van der Waals surface area contributed by atoms with Gasteiger partial charge >= 0.3 is 5.97 Å². The van der Waals surface area contributed by atoms with E-state index in [1.54, 1.807) is 12.1 Å². The molecule has 1 aromatic heterocycles. The summed E-state index contributed by atoms with van der Waals surface area (Å²) in [4.78, 5) is 22.5. The quantitative estimate of drug-likeness (QED) is 0.231. The molecule has 0 saturated carbocycles. The molecule has 1 fully saturated rings. The van der Waals surface area contributed by atoms with Crippen molar-refractivity contribution in [2.75, 3.05) is 31.1 Å². The number of ether oxygens (including phenoxy) is 2. The number of aromatic nitrogens is 1. The van der Waals surface area contributed by atoms with Crippen molar-refractivity contribution in [2.45, 2.75) is 46.4 Å². The lowest BCUT2D eigenvalue weighted by Gasteiger charge is -2.36.